The van der Waals surface area contributed by atoms with Crippen LogP contribution in [0.1, 0.15) is 83.5 Å². The average molecular weight is 363 g/mol. The van der Waals surface area contributed by atoms with E-state index in [9.17, 15) is 0 Å². The topological polar surface area (TPSA) is 9.23 Å². The maximum atomic E-state index is 6.21. The van der Waals surface area contributed by atoms with Crippen LogP contribution in [-0.2, 0) is 4.74 Å². The molecule has 0 aromatic heterocycles. The molecule has 7 unspecified atom stereocenters. The maximum absolute atomic E-state index is 6.21. The molecular formula is C23H38OS. The molecule has 0 aromatic rings. The molecule has 0 N–H and O–H groups in total. The van der Waals surface area contributed by atoms with Gasteiger partial charge in [-0.1, -0.05) is 38.5 Å². The Morgan fingerprint density at radius 2 is 1.48 bits per heavy atom. The largest absolute Gasteiger partial charge is 0.377 e. The zero-order valence-corrected chi connectivity index (χ0v) is 16.9. The van der Waals surface area contributed by atoms with Crippen LogP contribution in [0.4, 0.5) is 0 Å². The Labute approximate surface area is 159 Å². The second kappa shape index (κ2) is 7.74. The van der Waals surface area contributed by atoms with Crippen molar-refractivity contribution in [1.29, 1.82) is 0 Å². The Bertz CT molecular complexity index is 447. The lowest BCUT2D eigenvalue weighted by Crippen LogP contribution is -2.41. The Morgan fingerprint density at radius 1 is 0.680 bits per heavy atom. The van der Waals surface area contributed by atoms with Crippen molar-refractivity contribution < 1.29 is 4.74 Å². The van der Waals surface area contributed by atoms with Gasteiger partial charge in [-0.2, -0.15) is 11.8 Å². The molecule has 1 heterocycles. The first-order chi connectivity index (χ1) is 12.4. The molecule has 5 fully saturated rings. The highest BCUT2D eigenvalue weighted by Gasteiger charge is 2.44. The van der Waals surface area contributed by atoms with E-state index < -0.39 is 0 Å². The second-order valence-electron chi connectivity index (χ2n) is 10.1. The van der Waals surface area contributed by atoms with Crippen LogP contribution in [-0.4, -0.2) is 23.7 Å². The van der Waals surface area contributed by atoms with Crippen molar-refractivity contribution >= 4 is 11.8 Å². The van der Waals surface area contributed by atoms with E-state index in [-0.39, 0.29) is 0 Å². The summed E-state index contributed by atoms with van der Waals surface area (Å²) in [5, 5.41) is 0.827. The van der Waals surface area contributed by atoms with E-state index in [2.05, 4.69) is 11.8 Å². The molecular weight excluding hydrogens is 324 g/mol. The Balaban J connectivity index is 1.19. The van der Waals surface area contributed by atoms with Crippen LogP contribution >= 0.6 is 11.8 Å². The number of hydrogen-bond donors (Lipinski definition) is 0. The maximum Gasteiger partial charge on any atom is 0.0721 e. The van der Waals surface area contributed by atoms with Gasteiger partial charge in [0.05, 0.1) is 6.10 Å². The summed E-state index contributed by atoms with van der Waals surface area (Å²) in [6.07, 6.45) is 20.3. The Kier molecular flexibility index (Phi) is 5.39. The predicted molar refractivity (Wildman–Crippen MR) is 107 cm³/mol. The molecule has 5 aliphatic rings. The molecule has 0 bridgehead atoms. The highest BCUT2D eigenvalue weighted by Crippen LogP contribution is 2.53. The van der Waals surface area contributed by atoms with Gasteiger partial charge in [0.2, 0.25) is 0 Å². The molecule has 5 rings (SSSR count). The number of hydrogen-bond acceptors (Lipinski definition) is 2. The van der Waals surface area contributed by atoms with Crippen molar-refractivity contribution in [1.82, 2.24) is 0 Å². The highest BCUT2D eigenvalue weighted by atomic mass is 32.2. The molecule has 1 nitrogen and oxygen atoms in total. The summed E-state index contributed by atoms with van der Waals surface area (Å²) >= 11 is 2.34. The normalized spacial score (nSPS) is 47.8. The molecule has 25 heavy (non-hydrogen) atoms. The van der Waals surface area contributed by atoms with E-state index >= 15 is 0 Å². The SMILES string of the molecule is C1CCC2CC3C(CSC4CCCOC4C4CC4)CCCC3CC2C1. The molecule has 1 saturated heterocycles. The minimum Gasteiger partial charge on any atom is -0.377 e. The summed E-state index contributed by atoms with van der Waals surface area (Å²) in [5.74, 6) is 7.83. The van der Waals surface area contributed by atoms with Crippen molar-refractivity contribution in [3.05, 3.63) is 0 Å². The van der Waals surface area contributed by atoms with Crippen LogP contribution in [0.5, 0.6) is 0 Å². The Morgan fingerprint density at radius 3 is 2.32 bits per heavy atom. The van der Waals surface area contributed by atoms with Crippen LogP contribution in [0.2, 0.25) is 0 Å². The molecule has 0 aromatic carbocycles. The third-order valence-electron chi connectivity index (χ3n) is 8.53. The minimum atomic E-state index is 0.618. The van der Waals surface area contributed by atoms with E-state index in [0.29, 0.717) is 6.10 Å². The highest BCUT2D eigenvalue weighted by molar-refractivity contribution is 7.99. The number of thioether (sulfide) groups is 1. The lowest BCUT2D eigenvalue weighted by atomic mass is 9.57. The van der Waals surface area contributed by atoms with Crippen molar-refractivity contribution in [3.63, 3.8) is 0 Å². The van der Waals surface area contributed by atoms with Gasteiger partial charge in [-0.15, -0.1) is 0 Å². The third-order valence-corrected chi connectivity index (χ3v) is 10.1. The lowest BCUT2D eigenvalue weighted by molar-refractivity contribution is 0.00706. The first-order valence-corrected chi connectivity index (χ1v) is 12.7. The zero-order valence-electron chi connectivity index (χ0n) is 16.0. The molecule has 0 radical (unpaired) electrons. The van der Waals surface area contributed by atoms with Crippen LogP contribution < -0.4 is 0 Å². The molecule has 0 amide bonds. The van der Waals surface area contributed by atoms with Gasteiger partial charge >= 0.3 is 0 Å². The Hall–Kier alpha value is 0.310. The standard InChI is InChI=1S/C23H38OS/c1-2-6-18-14-21-19(13-17(18)5-1)7-3-8-20(21)15-25-22-9-4-12-24-23(22)16-10-11-16/h16-23H,1-15H2. The smallest absolute Gasteiger partial charge is 0.0721 e. The second-order valence-corrected chi connectivity index (χ2v) is 11.3. The van der Waals surface area contributed by atoms with E-state index in [0.717, 1.165) is 47.4 Å². The fraction of sp³-hybridized carbons (Fsp3) is 1.00. The summed E-state index contributed by atoms with van der Waals surface area (Å²) in [7, 11) is 0. The van der Waals surface area contributed by atoms with Crippen molar-refractivity contribution in [2.75, 3.05) is 12.4 Å². The van der Waals surface area contributed by atoms with E-state index in [1.54, 1.807) is 32.1 Å². The van der Waals surface area contributed by atoms with Gasteiger partial charge in [-0.3, -0.25) is 0 Å². The fourth-order valence-electron chi connectivity index (χ4n) is 7.05. The van der Waals surface area contributed by atoms with Gasteiger partial charge in [0.1, 0.15) is 0 Å². The quantitative estimate of drug-likeness (QED) is 0.579. The zero-order chi connectivity index (χ0) is 16.6. The van der Waals surface area contributed by atoms with Crippen LogP contribution in [0.15, 0.2) is 0 Å². The number of rotatable bonds is 4. The van der Waals surface area contributed by atoms with Crippen LogP contribution in [0, 0.1) is 35.5 Å². The number of fused-ring (bicyclic) bond motifs is 2. The van der Waals surface area contributed by atoms with Gasteiger partial charge < -0.3 is 4.74 Å². The molecule has 7 atom stereocenters. The summed E-state index contributed by atoms with van der Waals surface area (Å²) in [4.78, 5) is 0. The molecule has 142 valence electrons. The summed E-state index contributed by atoms with van der Waals surface area (Å²) < 4.78 is 6.21. The first kappa shape index (κ1) is 17.4. The van der Waals surface area contributed by atoms with E-state index in [1.807, 2.05) is 0 Å². The van der Waals surface area contributed by atoms with Crippen molar-refractivity contribution in [3.8, 4) is 0 Å². The molecule has 4 aliphatic carbocycles. The summed E-state index contributed by atoms with van der Waals surface area (Å²) in [5.41, 5.74) is 0. The van der Waals surface area contributed by atoms with Gasteiger partial charge in [-0.25, -0.2) is 0 Å². The van der Waals surface area contributed by atoms with Crippen LogP contribution in [0.3, 0.4) is 0 Å². The molecule has 4 saturated carbocycles. The molecule has 2 heteroatoms. The van der Waals surface area contributed by atoms with E-state index in [1.165, 1.54) is 57.1 Å². The van der Waals surface area contributed by atoms with Crippen molar-refractivity contribution in [2.24, 2.45) is 35.5 Å². The molecule has 0 spiro atoms. The first-order valence-electron chi connectivity index (χ1n) is 11.6. The molecule has 1 aliphatic heterocycles. The van der Waals surface area contributed by atoms with Crippen LogP contribution in [0.25, 0.3) is 0 Å². The average Bonchev–Trinajstić information content (AvgIpc) is 3.50. The van der Waals surface area contributed by atoms with Gasteiger partial charge in [-0.05, 0) is 86.2 Å². The minimum absolute atomic E-state index is 0.618. The van der Waals surface area contributed by atoms with E-state index in [4.69, 9.17) is 4.74 Å². The number of ether oxygens (including phenoxy) is 1. The van der Waals surface area contributed by atoms with Gasteiger partial charge in [0, 0.05) is 11.9 Å². The fourth-order valence-corrected chi connectivity index (χ4v) is 8.78. The van der Waals surface area contributed by atoms with Gasteiger partial charge in [0.15, 0.2) is 0 Å². The van der Waals surface area contributed by atoms with Crippen molar-refractivity contribution in [2.45, 2.75) is 94.8 Å². The third kappa shape index (κ3) is 3.82. The van der Waals surface area contributed by atoms with Gasteiger partial charge in [0.25, 0.3) is 0 Å². The lowest BCUT2D eigenvalue weighted by Gasteiger charge is -2.49. The monoisotopic (exact) mass is 362 g/mol. The summed E-state index contributed by atoms with van der Waals surface area (Å²) in [6.45, 7) is 1.04. The predicted octanol–water partition coefficient (Wildman–Crippen LogP) is 6.31. The summed E-state index contributed by atoms with van der Waals surface area (Å²) in [6, 6.07) is 0.